The largest absolute Gasteiger partial charge is 0.466 e. The number of piperidine rings is 1. The highest BCUT2D eigenvalue weighted by molar-refractivity contribution is 5.78. The normalized spacial score (nSPS) is 24.0. The summed E-state index contributed by atoms with van der Waals surface area (Å²) >= 11 is 0. The number of esters is 1. The van der Waals surface area contributed by atoms with Crippen LogP contribution in [0.5, 0.6) is 0 Å². The van der Waals surface area contributed by atoms with Crippen molar-refractivity contribution < 1.29 is 14.3 Å². The van der Waals surface area contributed by atoms with Crippen LogP contribution in [0.15, 0.2) is 0 Å². The van der Waals surface area contributed by atoms with Gasteiger partial charge >= 0.3 is 5.97 Å². The topological polar surface area (TPSA) is 49.9 Å². The summed E-state index contributed by atoms with van der Waals surface area (Å²) in [5.41, 5.74) is 0. The van der Waals surface area contributed by atoms with Gasteiger partial charge in [-0.05, 0) is 39.2 Å². The Hall–Kier alpha value is -1.10. The zero-order valence-electron chi connectivity index (χ0n) is 14.1. The lowest BCUT2D eigenvalue weighted by atomic mass is 9.94. The molecular formula is C17H30N2O3. The van der Waals surface area contributed by atoms with Crippen molar-refractivity contribution >= 4 is 11.9 Å². The molecule has 1 saturated carbocycles. The minimum absolute atomic E-state index is 0.0681. The van der Waals surface area contributed by atoms with Crippen LogP contribution < -0.4 is 0 Å². The van der Waals surface area contributed by atoms with Crippen LogP contribution in [0.3, 0.4) is 0 Å². The number of nitrogens with zero attached hydrogens (tertiary/aromatic N) is 2. The van der Waals surface area contributed by atoms with Crippen molar-refractivity contribution in [3.8, 4) is 0 Å². The Labute approximate surface area is 134 Å². The van der Waals surface area contributed by atoms with Gasteiger partial charge < -0.3 is 9.64 Å². The van der Waals surface area contributed by atoms with Gasteiger partial charge in [0.2, 0.25) is 5.91 Å². The minimum atomic E-state index is -0.111. The van der Waals surface area contributed by atoms with Crippen molar-refractivity contribution in [3.05, 3.63) is 0 Å². The van der Waals surface area contributed by atoms with Crippen LogP contribution in [0.2, 0.25) is 0 Å². The van der Waals surface area contributed by atoms with Gasteiger partial charge in [-0.25, -0.2) is 0 Å². The van der Waals surface area contributed by atoms with Crippen molar-refractivity contribution in [2.45, 2.75) is 57.9 Å². The van der Waals surface area contributed by atoms with E-state index < -0.39 is 0 Å². The highest BCUT2D eigenvalue weighted by Crippen LogP contribution is 2.22. The number of rotatable bonds is 5. The fourth-order valence-corrected chi connectivity index (χ4v) is 3.63. The second-order valence-electron chi connectivity index (χ2n) is 6.62. The molecule has 0 spiro atoms. The molecule has 1 heterocycles. The molecule has 2 rings (SSSR count). The molecule has 0 aromatic heterocycles. The van der Waals surface area contributed by atoms with Crippen molar-refractivity contribution in [1.82, 2.24) is 9.80 Å². The molecule has 5 nitrogen and oxygen atoms in total. The lowest BCUT2D eigenvalue weighted by Crippen LogP contribution is -2.47. The van der Waals surface area contributed by atoms with Gasteiger partial charge in [0.05, 0.1) is 19.1 Å². The summed E-state index contributed by atoms with van der Waals surface area (Å²) in [4.78, 5) is 28.4. The van der Waals surface area contributed by atoms with Gasteiger partial charge in [0.1, 0.15) is 0 Å². The summed E-state index contributed by atoms with van der Waals surface area (Å²) in [5.74, 6) is 0.0122. The van der Waals surface area contributed by atoms with Gasteiger partial charge in [0.25, 0.3) is 0 Å². The van der Waals surface area contributed by atoms with Crippen LogP contribution in [0.1, 0.15) is 51.9 Å². The Morgan fingerprint density at radius 2 is 1.86 bits per heavy atom. The lowest BCUT2D eigenvalue weighted by Gasteiger charge is -2.35. The van der Waals surface area contributed by atoms with Crippen LogP contribution in [0, 0.1) is 5.92 Å². The van der Waals surface area contributed by atoms with Gasteiger partial charge in [-0.2, -0.15) is 0 Å². The summed E-state index contributed by atoms with van der Waals surface area (Å²) in [6.07, 6.45) is 7.87. The molecule has 1 unspecified atom stereocenters. The highest BCUT2D eigenvalue weighted by Gasteiger charge is 2.29. The molecular weight excluding hydrogens is 280 g/mol. The van der Waals surface area contributed by atoms with Crippen LogP contribution in [-0.4, -0.2) is 61.0 Å². The fraction of sp³-hybridized carbons (Fsp3) is 0.882. The summed E-state index contributed by atoms with van der Waals surface area (Å²) in [7, 11) is 1.94. The zero-order valence-corrected chi connectivity index (χ0v) is 14.1. The van der Waals surface area contributed by atoms with Crippen molar-refractivity contribution in [1.29, 1.82) is 0 Å². The van der Waals surface area contributed by atoms with Gasteiger partial charge in [-0.3, -0.25) is 14.5 Å². The van der Waals surface area contributed by atoms with Gasteiger partial charge in [-0.15, -0.1) is 0 Å². The number of likely N-dealkylation sites (N-methyl/N-ethyl adjacent to an activating group) is 1. The summed E-state index contributed by atoms with van der Waals surface area (Å²) in [6.45, 7) is 4.26. The number of hydrogen-bond acceptors (Lipinski definition) is 4. The first kappa shape index (κ1) is 17.3. The molecule has 2 aliphatic rings. The van der Waals surface area contributed by atoms with E-state index >= 15 is 0 Å². The molecule has 0 N–H and O–H groups in total. The molecule has 1 saturated heterocycles. The minimum Gasteiger partial charge on any atom is -0.466 e. The molecule has 0 aromatic rings. The first-order valence-electron chi connectivity index (χ1n) is 8.76. The molecule has 1 amide bonds. The van der Waals surface area contributed by atoms with E-state index in [1.807, 2.05) is 18.9 Å². The van der Waals surface area contributed by atoms with Gasteiger partial charge in [0, 0.05) is 19.6 Å². The van der Waals surface area contributed by atoms with Crippen molar-refractivity contribution in [2.24, 2.45) is 5.92 Å². The maximum Gasteiger partial charge on any atom is 0.310 e. The Morgan fingerprint density at radius 1 is 1.14 bits per heavy atom. The van der Waals surface area contributed by atoms with Crippen LogP contribution in [-0.2, 0) is 14.3 Å². The summed E-state index contributed by atoms with van der Waals surface area (Å²) < 4.78 is 5.12. The first-order chi connectivity index (χ1) is 10.6. The van der Waals surface area contributed by atoms with Crippen LogP contribution in [0.25, 0.3) is 0 Å². The Kier molecular flexibility index (Phi) is 6.68. The second kappa shape index (κ2) is 8.51. The Bertz CT molecular complexity index is 380. The molecule has 2 fully saturated rings. The fourth-order valence-electron chi connectivity index (χ4n) is 3.63. The number of ether oxygens (including phenoxy) is 1. The number of amides is 1. The quantitative estimate of drug-likeness (QED) is 0.729. The lowest BCUT2D eigenvalue weighted by molar-refractivity contribution is -0.150. The van der Waals surface area contributed by atoms with Crippen LogP contribution >= 0.6 is 0 Å². The monoisotopic (exact) mass is 310 g/mol. The number of carbonyl (C=O) groups excluding carboxylic acids is 2. The Balaban J connectivity index is 1.81. The van der Waals surface area contributed by atoms with E-state index in [2.05, 4.69) is 4.90 Å². The molecule has 22 heavy (non-hydrogen) atoms. The maximum atomic E-state index is 12.5. The highest BCUT2D eigenvalue weighted by atomic mass is 16.5. The molecule has 1 atom stereocenters. The molecule has 1 aliphatic carbocycles. The molecule has 126 valence electrons. The Morgan fingerprint density at radius 3 is 2.55 bits per heavy atom. The molecule has 1 aliphatic heterocycles. The average Bonchev–Trinajstić information content (AvgIpc) is 2.55. The SMILES string of the molecule is CCOC(=O)C1CCCN(CC(=O)N(C)C2CCCCC2)C1. The third-order valence-electron chi connectivity index (χ3n) is 5.00. The third kappa shape index (κ3) is 4.70. The summed E-state index contributed by atoms with van der Waals surface area (Å²) in [5, 5.41) is 0. The smallest absolute Gasteiger partial charge is 0.310 e. The van der Waals surface area contributed by atoms with E-state index in [1.165, 1.54) is 19.3 Å². The number of likely N-dealkylation sites (tertiary alicyclic amines) is 1. The van der Waals surface area contributed by atoms with E-state index in [-0.39, 0.29) is 17.8 Å². The van der Waals surface area contributed by atoms with E-state index in [9.17, 15) is 9.59 Å². The van der Waals surface area contributed by atoms with E-state index in [1.54, 1.807) is 0 Å². The van der Waals surface area contributed by atoms with E-state index in [0.717, 1.165) is 32.2 Å². The van der Waals surface area contributed by atoms with Gasteiger partial charge in [-0.1, -0.05) is 19.3 Å². The van der Waals surface area contributed by atoms with Crippen LogP contribution in [0.4, 0.5) is 0 Å². The second-order valence-corrected chi connectivity index (χ2v) is 6.62. The predicted molar refractivity (Wildman–Crippen MR) is 85.4 cm³/mol. The molecule has 0 radical (unpaired) electrons. The number of carbonyl (C=O) groups is 2. The molecule has 0 bridgehead atoms. The average molecular weight is 310 g/mol. The standard InChI is InChI=1S/C17H30N2O3/c1-3-22-17(21)14-8-7-11-19(12-14)13-16(20)18(2)15-9-5-4-6-10-15/h14-15H,3-13H2,1-2H3. The molecule has 0 aromatic carbocycles. The maximum absolute atomic E-state index is 12.5. The number of hydrogen-bond donors (Lipinski definition) is 0. The van der Waals surface area contributed by atoms with Crippen molar-refractivity contribution in [2.75, 3.05) is 33.3 Å². The van der Waals surface area contributed by atoms with Gasteiger partial charge in [0.15, 0.2) is 0 Å². The first-order valence-corrected chi connectivity index (χ1v) is 8.76. The van der Waals surface area contributed by atoms with E-state index in [0.29, 0.717) is 25.7 Å². The molecule has 5 heteroatoms. The third-order valence-corrected chi connectivity index (χ3v) is 5.00. The predicted octanol–water partition coefficient (Wildman–Crippen LogP) is 2.05. The summed E-state index contributed by atoms with van der Waals surface area (Å²) in [6, 6.07) is 0.409. The van der Waals surface area contributed by atoms with E-state index in [4.69, 9.17) is 4.74 Å². The zero-order chi connectivity index (χ0) is 15.9. The van der Waals surface area contributed by atoms with Crippen molar-refractivity contribution in [3.63, 3.8) is 0 Å².